The molecule has 5 N–H and O–H groups in total. The molecule has 2 heterocycles. The van der Waals surface area contributed by atoms with Crippen LogP contribution in [0.2, 0.25) is 0 Å². The van der Waals surface area contributed by atoms with Gasteiger partial charge in [-0.3, -0.25) is 33.8 Å². The molecule has 1 saturated heterocycles. The molecule has 0 bridgehead atoms. The van der Waals surface area contributed by atoms with E-state index in [1.54, 1.807) is 37.3 Å². The van der Waals surface area contributed by atoms with Gasteiger partial charge in [0.25, 0.3) is 11.8 Å². The van der Waals surface area contributed by atoms with E-state index in [9.17, 15) is 38.7 Å². The minimum atomic E-state index is -1.37. The van der Waals surface area contributed by atoms with Crippen LogP contribution in [0.1, 0.15) is 108 Å². The second kappa shape index (κ2) is 20.1. The summed E-state index contributed by atoms with van der Waals surface area (Å²) in [5, 5.41) is 20.6. The van der Waals surface area contributed by atoms with Crippen molar-refractivity contribution in [3.05, 3.63) is 60.2 Å². The maximum absolute atomic E-state index is 14.6. The van der Waals surface area contributed by atoms with E-state index >= 15 is 0 Å². The summed E-state index contributed by atoms with van der Waals surface area (Å²) in [6.45, 7) is 9.33. The number of carboxylic acids is 1. The number of hydrogen-bond acceptors (Lipinski definition) is 9. The molecule has 2 aliphatic rings. The molecule has 304 valence electrons. The maximum atomic E-state index is 14.6. The number of carboxylic acid groups (broad SMARTS) is 1. The monoisotopic (exact) mass is 775 g/mol. The van der Waals surface area contributed by atoms with Gasteiger partial charge in [0.2, 0.25) is 23.5 Å². The lowest BCUT2D eigenvalue weighted by Crippen LogP contribution is -2.62. The predicted octanol–water partition coefficient (Wildman–Crippen LogP) is 2.98. The Morgan fingerprint density at radius 3 is 2.16 bits per heavy atom. The molecule has 1 saturated carbocycles. The Balaban J connectivity index is 1.53. The summed E-state index contributed by atoms with van der Waals surface area (Å²) in [5.41, 5.74) is -0.0976. The van der Waals surface area contributed by atoms with Crippen molar-refractivity contribution in [2.45, 2.75) is 129 Å². The van der Waals surface area contributed by atoms with Crippen molar-refractivity contribution >= 4 is 41.3 Å². The first-order valence-electron chi connectivity index (χ1n) is 19.8. The highest BCUT2D eigenvalue weighted by Gasteiger charge is 2.47. The number of hydrogen-bond donors (Lipinski definition) is 5. The molecule has 6 atom stereocenters. The van der Waals surface area contributed by atoms with Crippen molar-refractivity contribution in [2.24, 2.45) is 17.3 Å². The van der Waals surface area contributed by atoms with Gasteiger partial charge in [0.1, 0.15) is 29.9 Å². The van der Waals surface area contributed by atoms with Crippen LogP contribution in [0.15, 0.2) is 48.9 Å². The maximum Gasteiger partial charge on any atom is 0.326 e. The molecule has 1 aromatic heterocycles. The van der Waals surface area contributed by atoms with Gasteiger partial charge in [0.05, 0.1) is 12.2 Å². The number of Topliss-reactive ketones (excluding diaryl/α,β-unsaturated/α-hetero) is 1. The van der Waals surface area contributed by atoms with E-state index in [0.29, 0.717) is 24.8 Å². The molecule has 1 aromatic carbocycles. The number of carbonyl (C=O) groups excluding carboxylic acids is 6. The Hall–Kier alpha value is -5.21. The zero-order valence-electron chi connectivity index (χ0n) is 33.1. The van der Waals surface area contributed by atoms with E-state index < -0.39 is 76.9 Å². The number of nitrogens with zero attached hydrogens (tertiary/aromatic N) is 3. The summed E-state index contributed by atoms with van der Waals surface area (Å²) in [6.07, 6.45) is 9.95. The molecule has 5 amide bonds. The first-order chi connectivity index (χ1) is 26.7. The Bertz CT molecular complexity index is 1690. The number of carbonyl (C=O) groups is 7. The molecule has 2 fully saturated rings. The van der Waals surface area contributed by atoms with Crippen LogP contribution in [0.5, 0.6) is 0 Å². The van der Waals surface area contributed by atoms with E-state index in [-0.39, 0.29) is 36.9 Å². The van der Waals surface area contributed by atoms with Crippen LogP contribution in [-0.2, 0) is 35.2 Å². The summed E-state index contributed by atoms with van der Waals surface area (Å²) in [5.74, 6) is -6.02. The van der Waals surface area contributed by atoms with Crippen molar-refractivity contribution in [1.82, 2.24) is 36.1 Å². The molecule has 15 nitrogen and oxygen atoms in total. The number of benzene rings is 1. The van der Waals surface area contributed by atoms with Gasteiger partial charge in [-0.05, 0) is 48.5 Å². The first kappa shape index (κ1) is 43.5. The highest BCUT2D eigenvalue weighted by molar-refractivity contribution is 6.38. The number of likely N-dealkylation sites (tertiary alicyclic amines) is 1. The minimum absolute atomic E-state index is 0.0434. The van der Waals surface area contributed by atoms with Crippen molar-refractivity contribution in [1.29, 1.82) is 0 Å². The van der Waals surface area contributed by atoms with Gasteiger partial charge in [0, 0.05) is 25.4 Å². The lowest BCUT2D eigenvalue weighted by atomic mass is 9.82. The fourth-order valence-corrected chi connectivity index (χ4v) is 7.68. The van der Waals surface area contributed by atoms with Gasteiger partial charge in [-0.1, -0.05) is 97.1 Å². The van der Waals surface area contributed by atoms with E-state index in [1.165, 1.54) is 23.5 Å². The summed E-state index contributed by atoms with van der Waals surface area (Å²) in [4.78, 5) is 104. The summed E-state index contributed by atoms with van der Waals surface area (Å²) < 4.78 is 0. The number of ketones is 1. The summed E-state index contributed by atoms with van der Waals surface area (Å²) in [6, 6.07) is 3.02. The molecular formula is C41H57N7O8. The van der Waals surface area contributed by atoms with Gasteiger partial charge in [-0.2, -0.15) is 0 Å². The molecule has 1 aliphatic heterocycles. The number of amides is 5. The lowest BCUT2D eigenvalue weighted by molar-refractivity contribution is -0.147. The third kappa shape index (κ3) is 11.4. The quantitative estimate of drug-likeness (QED) is 0.148. The van der Waals surface area contributed by atoms with Crippen molar-refractivity contribution in [2.75, 3.05) is 6.54 Å². The highest BCUT2D eigenvalue weighted by atomic mass is 16.4. The van der Waals surface area contributed by atoms with Gasteiger partial charge >= 0.3 is 5.97 Å². The SMILES string of the molecule is CCCC(NC(=O)[C@@H]1[C@@H](CC)CCN1C(=O)[C@@H](NC(=O)[C@@H](NC(=O)c1cnccn1)C1CCCCC1)C(C)(C)C)C(=O)C(=O)N[C@@H](Cc1ccccc1)C(=O)O. The average molecular weight is 776 g/mol. The normalized spacial score (nSPS) is 19.5. The predicted molar refractivity (Wildman–Crippen MR) is 207 cm³/mol. The van der Waals surface area contributed by atoms with E-state index in [4.69, 9.17) is 0 Å². The summed E-state index contributed by atoms with van der Waals surface area (Å²) in [7, 11) is 0. The molecule has 0 spiro atoms. The van der Waals surface area contributed by atoms with Crippen LogP contribution in [0.3, 0.4) is 0 Å². The molecular weight excluding hydrogens is 718 g/mol. The van der Waals surface area contributed by atoms with Crippen LogP contribution >= 0.6 is 0 Å². The summed E-state index contributed by atoms with van der Waals surface area (Å²) >= 11 is 0. The van der Waals surface area contributed by atoms with E-state index in [0.717, 1.165) is 32.1 Å². The molecule has 15 heteroatoms. The number of aliphatic carboxylic acids is 1. The minimum Gasteiger partial charge on any atom is -0.480 e. The van der Waals surface area contributed by atoms with E-state index in [1.807, 2.05) is 27.7 Å². The van der Waals surface area contributed by atoms with Gasteiger partial charge in [-0.25, -0.2) is 9.78 Å². The Kier molecular flexibility index (Phi) is 15.6. The highest BCUT2D eigenvalue weighted by Crippen LogP contribution is 2.32. The Morgan fingerprint density at radius 1 is 0.875 bits per heavy atom. The van der Waals surface area contributed by atoms with Crippen LogP contribution in [0.4, 0.5) is 0 Å². The number of nitrogens with one attached hydrogen (secondary N) is 4. The average Bonchev–Trinajstić information content (AvgIpc) is 3.63. The first-order valence-corrected chi connectivity index (χ1v) is 19.8. The molecule has 1 aliphatic carbocycles. The standard InChI is InChI=1S/C41H57N7O8/c1-6-14-28(33(49)38(53)45-29(40(55)56)23-25-15-10-8-11-16-25)44-37(52)32-26(7-2)19-22-48(32)39(54)34(41(3,4)5)47-36(51)31(27-17-12-9-13-18-27)46-35(50)30-24-42-20-21-43-30/h8,10-11,15-16,20-21,24,26-29,31-32,34H,6-7,9,12-14,17-19,22-23H2,1-5H3,(H,44,52)(H,45,53)(H,46,50)(H,47,51)(H,55,56)/t26-,28?,29-,31-,32-,34+/m0/s1. The van der Waals surface area contributed by atoms with Gasteiger partial charge in [0.15, 0.2) is 0 Å². The molecule has 4 rings (SSSR count). The van der Waals surface area contributed by atoms with Crippen LogP contribution in [0.25, 0.3) is 0 Å². The Labute approximate surface area is 328 Å². The lowest BCUT2D eigenvalue weighted by Gasteiger charge is -2.38. The van der Waals surface area contributed by atoms with Crippen LogP contribution in [-0.4, -0.2) is 98.0 Å². The third-order valence-electron chi connectivity index (χ3n) is 10.8. The molecule has 1 unspecified atom stereocenters. The van der Waals surface area contributed by atoms with Crippen molar-refractivity contribution in [3.63, 3.8) is 0 Å². The molecule has 0 radical (unpaired) electrons. The van der Waals surface area contributed by atoms with Crippen molar-refractivity contribution in [3.8, 4) is 0 Å². The smallest absolute Gasteiger partial charge is 0.326 e. The fraction of sp³-hybridized carbons (Fsp3) is 0.585. The molecule has 2 aromatic rings. The van der Waals surface area contributed by atoms with Crippen molar-refractivity contribution < 1.29 is 38.7 Å². The number of aromatic nitrogens is 2. The van der Waals surface area contributed by atoms with Gasteiger partial charge in [-0.15, -0.1) is 0 Å². The topological polar surface area (TPSA) is 217 Å². The second-order valence-electron chi connectivity index (χ2n) is 15.9. The zero-order chi connectivity index (χ0) is 41.0. The third-order valence-corrected chi connectivity index (χ3v) is 10.8. The van der Waals surface area contributed by atoms with E-state index in [2.05, 4.69) is 31.2 Å². The largest absolute Gasteiger partial charge is 0.480 e. The second-order valence-corrected chi connectivity index (χ2v) is 15.9. The molecule has 56 heavy (non-hydrogen) atoms. The Morgan fingerprint density at radius 2 is 1.57 bits per heavy atom. The van der Waals surface area contributed by atoms with Crippen LogP contribution < -0.4 is 21.3 Å². The van der Waals surface area contributed by atoms with Gasteiger partial charge < -0.3 is 31.3 Å². The fourth-order valence-electron chi connectivity index (χ4n) is 7.68. The number of rotatable bonds is 17. The van der Waals surface area contributed by atoms with Crippen LogP contribution in [0, 0.1) is 17.3 Å². The zero-order valence-corrected chi connectivity index (χ0v) is 33.1.